The Morgan fingerprint density at radius 3 is 2.33 bits per heavy atom. The van der Waals surface area contributed by atoms with Crippen LogP contribution in [-0.4, -0.2) is 48.6 Å². The van der Waals surface area contributed by atoms with Gasteiger partial charge in [-0.3, -0.25) is 4.79 Å². The molecule has 8 nitrogen and oxygen atoms in total. The number of benzene rings is 3. The molecule has 0 bridgehead atoms. The minimum Gasteiger partial charge on any atom is -0.445 e. The summed E-state index contributed by atoms with van der Waals surface area (Å²) in [5.74, 6) is 1.12. The minimum atomic E-state index is -0.480. The van der Waals surface area contributed by atoms with E-state index in [0.717, 1.165) is 23.6 Å². The zero-order valence-electron chi connectivity index (χ0n) is 24.6. The fourth-order valence-electron chi connectivity index (χ4n) is 5.59. The van der Waals surface area contributed by atoms with Crippen molar-refractivity contribution in [1.29, 1.82) is 0 Å². The number of alkyl carbamates (subject to hydrolysis) is 1. The first-order valence-electron chi connectivity index (χ1n) is 15.1. The number of ether oxygens (including phenoxy) is 1. The number of nitrogens with zero attached hydrogens (tertiary/aromatic N) is 1. The first-order chi connectivity index (χ1) is 20.4. The Kier molecular flexibility index (Phi) is 9.77. The molecule has 5 rings (SSSR count). The molecule has 1 aliphatic carbocycles. The normalized spacial score (nSPS) is 18.9. The zero-order valence-corrected chi connectivity index (χ0v) is 24.6. The lowest BCUT2D eigenvalue weighted by Gasteiger charge is -2.34. The summed E-state index contributed by atoms with van der Waals surface area (Å²) in [5.41, 5.74) is 10.7. The molecule has 1 saturated carbocycles. The van der Waals surface area contributed by atoms with Gasteiger partial charge in [-0.05, 0) is 99.6 Å². The standard InChI is InChI=1S/C34H43N5O3/c1-23(2)39-17-15-25(16-18-39)20-36-32-19-29(32)27-11-9-26(10-12-27)22-42-34(41)37-21-24-7-13-28(14-8-24)33(40)38-31-6-4-3-5-30(31)35/h3-14,23,25,29,32,36H,15-22,35H2,1-2H3,(H,37,41)(H,38,40). The molecule has 5 N–H and O–H groups in total. The molecule has 222 valence electrons. The fourth-order valence-corrected chi connectivity index (χ4v) is 5.59. The van der Waals surface area contributed by atoms with Crippen molar-refractivity contribution in [2.24, 2.45) is 5.92 Å². The van der Waals surface area contributed by atoms with Gasteiger partial charge in [-0.1, -0.05) is 48.5 Å². The van der Waals surface area contributed by atoms with E-state index in [1.165, 1.54) is 37.9 Å². The predicted molar refractivity (Wildman–Crippen MR) is 167 cm³/mol. The molecule has 0 spiro atoms. The Balaban J connectivity index is 0.982. The van der Waals surface area contributed by atoms with E-state index in [2.05, 4.69) is 46.8 Å². The quantitative estimate of drug-likeness (QED) is 0.227. The van der Waals surface area contributed by atoms with Crippen LogP contribution in [0.25, 0.3) is 0 Å². The topological polar surface area (TPSA) is 109 Å². The summed E-state index contributed by atoms with van der Waals surface area (Å²) in [6.07, 6.45) is 3.30. The lowest BCUT2D eigenvalue weighted by atomic mass is 9.96. The number of carbonyl (C=O) groups is 2. The number of hydrogen-bond donors (Lipinski definition) is 4. The van der Waals surface area contributed by atoms with Crippen molar-refractivity contribution in [3.05, 3.63) is 95.1 Å². The van der Waals surface area contributed by atoms with Crippen LogP contribution in [0.5, 0.6) is 0 Å². The van der Waals surface area contributed by atoms with Crippen LogP contribution in [0.1, 0.15) is 66.1 Å². The Bertz CT molecular complexity index is 1330. The van der Waals surface area contributed by atoms with Gasteiger partial charge in [-0.2, -0.15) is 0 Å². The van der Waals surface area contributed by atoms with Crippen molar-refractivity contribution in [2.45, 2.75) is 64.3 Å². The molecule has 0 radical (unpaired) electrons. The smallest absolute Gasteiger partial charge is 0.407 e. The number of nitrogen functional groups attached to an aromatic ring is 1. The van der Waals surface area contributed by atoms with E-state index in [-0.39, 0.29) is 12.5 Å². The maximum absolute atomic E-state index is 12.5. The van der Waals surface area contributed by atoms with E-state index in [4.69, 9.17) is 10.5 Å². The van der Waals surface area contributed by atoms with Gasteiger partial charge >= 0.3 is 6.09 Å². The number of anilines is 2. The van der Waals surface area contributed by atoms with Crippen LogP contribution in [-0.2, 0) is 17.9 Å². The summed E-state index contributed by atoms with van der Waals surface area (Å²) in [5, 5.41) is 9.38. The largest absolute Gasteiger partial charge is 0.445 e. The molecule has 1 heterocycles. The van der Waals surface area contributed by atoms with Crippen LogP contribution in [0.4, 0.5) is 16.2 Å². The molecule has 1 aliphatic heterocycles. The van der Waals surface area contributed by atoms with Gasteiger partial charge in [0.25, 0.3) is 5.91 Å². The SMILES string of the molecule is CC(C)N1CCC(CNC2CC2c2ccc(COC(=O)NCc3ccc(C(=O)Nc4ccccc4N)cc3)cc2)CC1. The van der Waals surface area contributed by atoms with E-state index in [0.29, 0.717) is 41.5 Å². The van der Waals surface area contributed by atoms with Crippen LogP contribution in [0, 0.1) is 5.92 Å². The first-order valence-corrected chi connectivity index (χ1v) is 15.1. The van der Waals surface area contributed by atoms with Gasteiger partial charge < -0.3 is 31.3 Å². The molecule has 3 aromatic rings. The molecule has 2 atom stereocenters. The second-order valence-corrected chi connectivity index (χ2v) is 11.8. The Hall–Kier alpha value is -3.88. The number of nitrogens with two attached hydrogens (primary N) is 1. The second-order valence-electron chi connectivity index (χ2n) is 11.8. The first kappa shape index (κ1) is 29.6. The lowest BCUT2D eigenvalue weighted by molar-refractivity contribution is 0.102. The molecule has 2 fully saturated rings. The summed E-state index contributed by atoms with van der Waals surface area (Å²) in [7, 11) is 0. The lowest BCUT2D eigenvalue weighted by Crippen LogP contribution is -2.41. The van der Waals surface area contributed by atoms with E-state index in [1.807, 2.05) is 24.3 Å². The summed E-state index contributed by atoms with van der Waals surface area (Å²) in [6.45, 7) is 8.66. The molecule has 8 heteroatoms. The summed E-state index contributed by atoms with van der Waals surface area (Å²) >= 11 is 0. The van der Waals surface area contributed by atoms with Crippen molar-refractivity contribution in [1.82, 2.24) is 15.5 Å². The van der Waals surface area contributed by atoms with Crippen LogP contribution in [0.2, 0.25) is 0 Å². The van der Waals surface area contributed by atoms with Gasteiger partial charge in [0.1, 0.15) is 6.61 Å². The van der Waals surface area contributed by atoms with Crippen LogP contribution in [0.3, 0.4) is 0 Å². The van der Waals surface area contributed by atoms with Gasteiger partial charge in [0, 0.05) is 30.1 Å². The highest BCUT2D eigenvalue weighted by atomic mass is 16.5. The number of nitrogens with one attached hydrogen (secondary N) is 3. The number of carbonyl (C=O) groups excluding carboxylic acids is 2. The van der Waals surface area contributed by atoms with Crippen LogP contribution in [0.15, 0.2) is 72.8 Å². The predicted octanol–water partition coefficient (Wildman–Crippen LogP) is 5.51. The minimum absolute atomic E-state index is 0.218. The fraction of sp³-hybridized carbons (Fsp3) is 0.412. The molecule has 2 amide bonds. The van der Waals surface area contributed by atoms with Crippen LogP contribution < -0.4 is 21.7 Å². The van der Waals surface area contributed by atoms with Gasteiger partial charge in [-0.15, -0.1) is 0 Å². The van der Waals surface area contributed by atoms with Crippen molar-refractivity contribution in [3.8, 4) is 0 Å². The Labute approximate surface area is 249 Å². The second kappa shape index (κ2) is 13.9. The highest BCUT2D eigenvalue weighted by Crippen LogP contribution is 2.41. The molecule has 1 saturated heterocycles. The third-order valence-corrected chi connectivity index (χ3v) is 8.48. The van der Waals surface area contributed by atoms with Gasteiger partial charge in [0.05, 0.1) is 11.4 Å². The molecule has 3 aromatic carbocycles. The van der Waals surface area contributed by atoms with E-state index in [9.17, 15) is 9.59 Å². The van der Waals surface area contributed by atoms with Gasteiger partial charge in [0.2, 0.25) is 0 Å². The highest BCUT2D eigenvalue weighted by Gasteiger charge is 2.38. The number of piperidine rings is 1. The maximum Gasteiger partial charge on any atom is 0.407 e. The number of para-hydroxylation sites is 2. The average Bonchev–Trinajstić information content (AvgIpc) is 3.79. The highest BCUT2D eigenvalue weighted by molar-refractivity contribution is 6.05. The summed E-state index contributed by atoms with van der Waals surface area (Å²) < 4.78 is 5.41. The Morgan fingerprint density at radius 1 is 0.952 bits per heavy atom. The summed E-state index contributed by atoms with van der Waals surface area (Å²) in [6, 6.07) is 23.8. The van der Waals surface area contributed by atoms with Crippen molar-refractivity contribution in [3.63, 3.8) is 0 Å². The van der Waals surface area contributed by atoms with E-state index >= 15 is 0 Å². The number of likely N-dealkylation sites (tertiary alicyclic amines) is 1. The average molecular weight is 570 g/mol. The van der Waals surface area contributed by atoms with E-state index in [1.54, 1.807) is 36.4 Å². The molecule has 42 heavy (non-hydrogen) atoms. The number of rotatable bonds is 11. The molecular weight excluding hydrogens is 526 g/mol. The van der Waals surface area contributed by atoms with Crippen molar-refractivity contribution >= 4 is 23.4 Å². The molecule has 2 unspecified atom stereocenters. The monoisotopic (exact) mass is 569 g/mol. The van der Waals surface area contributed by atoms with Crippen molar-refractivity contribution in [2.75, 3.05) is 30.7 Å². The van der Waals surface area contributed by atoms with Crippen molar-refractivity contribution < 1.29 is 14.3 Å². The zero-order chi connectivity index (χ0) is 29.5. The molecular formula is C34H43N5O3. The van der Waals surface area contributed by atoms with Crippen LogP contribution >= 0.6 is 0 Å². The van der Waals surface area contributed by atoms with Gasteiger partial charge in [-0.25, -0.2) is 4.79 Å². The van der Waals surface area contributed by atoms with Gasteiger partial charge in [0.15, 0.2) is 0 Å². The number of hydrogen-bond acceptors (Lipinski definition) is 6. The summed E-state index contributed by atoms with van der Waals surface area (Å²) in [4.78, 5) is 27.3. The van der Waals surface area contributed by atoms with E-state index < -0.39 is 6.09 Å². The number of amides is 2. The molecule has 2 aliphatic rings. The Morgan fingerprint density at radius 2 is 1.64 bits per heavy atom. The molecule has 0 aromatic heterocycles. The third kappa shape index (κ3) is 8.11. The maximum atomic E-state index is 12.5. The third-order valence-electron chi connectivity index (χ3n) is 8.48.